The van der Waals surface area contributed by atoms with Crippen molar-refractivity contribution in [2.45, 2.75) is 51.0 Å². The van der Waals surface area contributed by atoms with Crippen LogP contribution >= 0.6 is 15.9 Å². The number of alkyl halides is 1. The van der Waals surface area contributed by atoms with Gasteiger partial charge in [-0.15, -0.1) is 0 Å². The van der Waals surface area contributed by atoms with E-state index in [1.165, 1.54) is 0 Å². The summed E-state index contributed by atoms with van der Waals surface area (Å²) < 4.78 is 27.9. The van der Waals surface area contributed by atoms with Gasteiger partial charge in [0, 0.05) is 10.9 Å². The van der Waals surface area contributed by atoms with Gasteiger partial charge in [-0.05, 0) is 38.3 Å². The molecule has 19 heavy (non-hydrogen) atoms. The Morgan fingerprint density at radius 3 is 2.21 bits per heavy atom. The fourth-order valence-corrected chi connectivity index (χ4v) is 4.94. The molecule has 0 unspecified atom stereocenters. The summed E-state index contributed by atoms with van der Waals surface area (Å²) >= 11 is 3.42. The lowest BCUT2D eigenvalue weighted by atomic mass is 9.97. The summed E-state index contributed by atoms with van der Waals surface area (Å²) in [4.78, 5) is 0.366. The van der Waals surface area contributed by atoms with Gasteiger partial charge in [-0.1, -0.05) is 47.5 Å². The van der Waals surface area contributed by atoms with Gasteiger partial charge in [0.05, 0.1) is 4.90 Å². The van der Waals surface area contributed by atoms with Gasteiger partial charge >= 0.3 is 0 Å². The van der Waals surface area contributed by atoms with E-state index in [4.69, 9.17) is 0 Å². The Morgan fingerprint density at radius 1 is 1.21 bits per heavy atom. The molecule has 0 aliphatic heterocycles. The number of halogens is 1. The number of benzene rings is 1. The molecule has 1 aromatic rings. The third-order valence-corrected chi connectivity index (χ3v) is 6.39. The number of aryl methyl sites for hydroxylation is 2. The van der Waals surface area contributed by atoms with Gasteiger partial charge in [0.1, 0.15) is 0 Å². The molecule has 108 valence electrons. The van der Waals surface area contributed by atoms with Crippen LogP contribution in [0.25, 0.3) is 0 Å². The molecule has 5 heteroatoms. The van der Waals surface area contributed by atoms with Crippen molar-refractivity contribution in [3.63, 3.8) is 0 Å². The number of nitrogens with one attached hydrogen (secondary N) is 1. The van der Waals surface area contributed by atoms with Gasteiger partial charge in [0.2, 0.25) is 10.0 Å². The Bertz CT molecular complexity index is 528. The number of hydrogen-bond donors (Lipinski definition) is 1. The summed E-state index contributed by atoms with van der Waals surface area (Å²) in [7, 11) is -3.48. The SMILES string of the molecule is CCC(CC)(CBr)NS(=O)(=O)c1ccc(C)cc1C. The quantitative estimate of drug-likeness (QED) is 0.800. The molecule has 3 nitrogen and oxygen atoms in total. The average Bonchev–Trinajstić information content (AvgIpc) is 2.35. The highest BCUT2D eigenvalue weighted by molar-refractivity contribution is 9.09. The van der Waals surface area contributed by atoms with E-state index in [-0.39, 0.29) is 0 Å². The van der Waals surface area contributed by atoms with Crippen molar-refractivity contribution in [2.75, 3.05) is 5.33 Å². The Morgan fingerprint density at radius 2 is 1.79 bits per heavy atom. The minimum Gasteiger partial charge on any atom is -0.207 e. The van der Waals surface area contributed by atoms with Gasteiger partial charge in [-0.25, -0.2) is 13.1 Å². The largest absolute Gasteiger partial charge is 0.241 e. The van der Waals surface area contributed by atoms with Crippen LogP contribution in [0.3, 0.4) is 0 Å². The Labute approximate surface area is 125 Å². The highest BCUT2D eigenvalue weighted by Crippen LogP contribution is 2.23. The lowest BCUT2D eigenvalue weighted by Crippen LogP contribution is -2.49. The molecule has 0 fully saturated rings. The first-order valence-corrected chi connectivity index (χ1v) is 9.08. The molecule has 0 saturated carbocycles. The van der Waals surface area contributed by atoms with E-state index in [2.05, 4.69) is 20.7 Å². The van der Waals surface area contributed by atoms with Crippen LogP contribution in [0, 0.1) is 13.8 Å². The van der Waals surface area contributed by atoms with Crippen molar-refractivity contribution in [2.24, 2.45) is 0 Å². The molecule has 0 aliphatic carbocycles. The Hall–Kier alpha value is -0.390. The van der Waals surface area contributed by atoms with Crippen molar-refractivity contribution in [3.8, 4) is 0 Å². The molecule has 0 amide bonds. The Kier molecular flexibility index (Phi) is 5.59. The third-order valence-electron chi connectivity index (χ3n) is 3.58. The lowest BCUT2D eigenvalue weighted by molar-refractivity contribution is 0.398. The van der Waals surface area contributed by atoms with Gasteiger partial charge in [-0.3, -0.25) is 0 Å². The summed E-state index contributed by atoms with van der Waals surface area (Å²) in [5.41, 5.74) is 1.42. The predicted octanol–water partition coefficient (Wildman–Crippen LogP) is 3.54. The molecule has 0 bridgehead atoms. The molecule has 0 aliphatic rings. The van der Waals surface area contributed by atoms with E-state index in [0.717, 1.165) is 24.0 Å². The molecule has 0 radical (unpaired) electrons. The second kappa shape index (κ2) is 6.37. The molecule has 0 heterocycles. The molecule has 1 aromatic carbocycles. The maximum absolute atomic E-state index is 12.5. The van der Waals surface area contributed by atoms with Gasteiger partial charge in [0.15, 0.2) is 0 Å². The van der Waals surface area contributed by atoms with Gasteiger partial charge < -0.3 is 0 Å². The zero-order chi connectivity index (χ0) is 14.7. The van der Waals surface area contributed by atoms with E-state index in [1.54, 1.807) is 6.07 Å². The fraction of sp³-hybridized carbons (Fsp3) is 0.571. The van der Waals surface area contributed by atoms with E-state index >= 15 is 0 Å². The van der Waals surface area contributed by atoms with Crippen LogP contribution in [-0.2, 0) is 10.0 Å². The minimum atomic E-state index is -3.48. The van der Waals surface area contributed by atoms with E-state index in [1.807, 2.05) is 39.8 Å². The van der Waals surface area contributed by atoms with Crippen molar-refractivity contribution in [1.29, 1.82) is 0 Å². The van der Waals surface area contributed by atoms with E-state index in [0.29, 0.717) is 10.2 Å². The molecule has 1 rings (SSSR count). The minimum absolute atomic E-state index is 0.366. The molecular weight excluding hydrogens is 326 g/mol. The zero-order valence-electron chi connectivity index (χ0n) is 12.0. The standard InChI is InChI=1S/C14H22BrNO2S/c1-5-14(6-2,10-15)16-19(17,18)13-8-7-11(3)9-12(13)4/h7-9,16H,5-6,10H2,1-4H3. The maximum atomic E-state index is 12.5. The Balaban J connectivity index is 3.17. The summed E-state index contributed by atoms with van der Waals surface area (Å²) in [6.07, 6.45) is 1.50. The van der Waals surface area contributed by atoms with Crippen LogP contribution in [0.4, 0.5) is 0 Å². The topological polar surface area (TPSA) is 46.2 Å². The van der Waals surface area contributed by atoms with Crippen LogP contribution < -0.4 is 4.72 Å². The van der Waals surface area contributed by atoms with Crippen LogP contribution in [0.15, 0.2) is 23.1 Å². The molecule has 0 atom stereocenters. The van der Waals surface area contributed by atoms with Crippen molar-refractivity contribution in [3.05, 3.63) is 29.3 Å². The van der Waals surface area contributed by atoms with Gasteiger partial charge in [-0.2, -0.15) is 0 Å². The summed E-state index contributed by atoms with van der Waals surface area (Å²) in [5, 5.41) is 0.608. The van der Waals surface area contributed by atoms with E-state index < -0.39 is 15.6 Å². The van der Waals surface area contributed by atoms with Crippen LogP contribution in [0.5, 0.6) is 0 Å². The first-order chi connectivity index (χ1) is 8.80. The van der Waals surface area contributed by atoms with Crippen molar-refractivity contribution >= 4 is 26.0 Å². The van der Waals surface area contributed by atoms with Crippen LogP contribution in [0.2, 0.25) is 0 Å². The zero-order valence-corrected chi connectivity index (χ0v) is 14.4. The molecule has 1 N–H and O–H groups in total. The summed E-state index contributed by atoms with van der Waals surface area (Å²) in [6, 6.07) is 5.40. The van der Waals surface area contributed by atoms with Crippen molar-refractivity contribution < 1.29 is 8.42 Å². The van der Waals surface area contributed by atoms with Crippen LogP contribution in [0.1, 0.15) is 37.8 Å². The summed E-state index contributed by atoms with van der Waals surface area (Å²) in [5.74, 6) is 0. The fourth-order valence-electron chi connectivity index (χ4n) is 2.05. The number of rotatable bonds is 6. The molecule has 0 aromatic heterocycles. The normalized spacial score (nSPS) is 12.7. The highest BCUT2D eigenvalue weighted by atomic mass is 79.9. The molecular formula is C14H22BrNO2S. The van der Waals surface area contributed by atoms with Crippen molar-refractivity contribution in [1.82, 2.24) is 4.72 Å². The first kappa shape index (κ1) is 16.7. The second-order valence-corrected chi connectivity index (χ2v) is 7.21. The second-order valence-electron chi connectivity index (χ2n) is 5.00. The third kappa shape index (κ3) is 3.80. The number of hydrogen-bond acceptors (Lipinski definition) is 2. The predicted molar refractivity (Wildman–Crippen MR) is 83.3 cm³/mol. The number of sulfonamides is 1. The lowest BCUT2D eigenvalue weighted by Gasteiger charge is -2.30. The van der Waals surface area contributed by atoms with Crippen LogP contribution in [-0.4, -0.2) is 19.3 Å². The maximum Gasteiger partial charge on any atom is 0.241 e. The monoisotopic (exact) mass is 347 g/mol. The first-order valence-electron chi connectivity index (χ1n) is 6.47. The smallest absolute Gasteiger partial charge is 0.207 e. The highest BCUT2D eigenvalue weighted by Gasteiger charge is 2.31. The average molecular weight is 348 g/mol. The van der Waals surface area contributed by atoms with Gasteiger partial charge in [0.25, 0.3) is 0 Å². The van der Waals surface area contributed by atoms with E-state index in [9.17, 15) is 8.42 Å². The summed E-state index contributed by atoms with van der Waals surface area (Å²) in [6.45, 7) is 7.78. The molecule has 0 saturated heterocycles. The molecule has 0 spiro atoms.